The zero-order valence-corrected chi connectivity index (χ0v) is 10.6. The van der Waals surface area contributed by atoms with E-state index in [4.69, 9.17) is 4.74 Å². The lowest BCUT2D eigenvalue weighted by atomic mass is 9.88. The zero-order valence-electron chi connectivity index (χ0n) is 10.6. The first-order valence-electron chi connectivity index (χ1n) is 5.88. The van der Waals surface area contributed by atoms with Crippen molar-refractivity contribution < 1.29 is 14.6 Å². The molecular formula is C14H20O3. The van der Waals surface area contributed by atoms with Crippen LogP contribution in [0, 0.1) is 5.92 Å². The fraction of sp³-hybridized carbons (Fsp3) is 0.500. The van der Waals surface area contributed by atoms with E-state index in [2.05, 4.69) is 13.8 Å². The first-order valence-corrected chi connectivity index (χ1v) is 5.88. The second-order valence-corrected chi connectivity index (χ2v) is 4.70. The molecule has 0 aromatic heterocycles. The lowest BCUT2D eigenvalue weighted by Gasteiger charge is -2.18. The molecule has 1 atom stereocenters. The van der Waals surface area contributed by atoms with Gasteiger partial charge in [0, 0.05) is 0 Å². The predicted molar refractivity (Wildman–Crippen MR) is 66.9 cm³/mol. The molecule has 0 bridgehead atoms. The number of hydrogen-bond acceptors (Lipinski definition) is 3. The highest BCUT2D eigenvalue weighted by molar-refractivity contribution is 5.70. The number of phenols is 1. The van der Waals surface area contributed by atoms with Crippen LogP contribution in [0.4, 0.5) is 0 Å². The van der Waals surface area contributed by atoms with Crippen LogP contribution in [0.15, 0.2) is 24.3 Å². The summed E-state index contributed by atoms with van der Waals surface area (Å²) in [4.78, 5) is 11.4. The maximum absolute atomic E-state index is 11.4. The summed E-state index contributed by atoms with van der Waals surface area (Å²) >= 11 is 0. The van der Waals surface area contributed by atoms with E-state index in [0.29, 0.717) is 12.3 Å². The van der Waals surface area contributed by atoms with Crippen molar-refractivity contribution in [2.45, 2.75) is 32.6 Å². The summed E-state index contributed by atoms with van der Waals surface area (Å²) in [5, 5.41) is 9.47. The van der Waals surface area contributed by atoms with Crippen molar-refractivity contribution in [3.8, 4) is 5.75 Å². The summed E-state index contributed by atoms with van der Waals surface area (Å²) in [6, 6.07) is 7.09. The second kappa shape index (κ2) is 6.28. The van der Waals surface area contributed by atoms with Gasteiger partial charge in [0.1, 0.15) is 5.75 Å². The molecule has 0 aliphatic carbocycles. The van der Waals surface area contributed by atoms with E-state index < -0.39 is 0 Å². The number of ether oxygens (including phenoxy) is 1. The summed E-state index contributed by atoms with van der Waals surface area (Å²) < 4.78 is 4.71. The normalized spacial score (nSPS) is 12.5. The Hall–Kier alpha value is -1.51. The van der Waals surface area contributed by atoms with Gasteiger partial charge in [0.05, 0.1) is 13.5 Å². The number of esters is 1. The number of benzene rings is 1. The number of phenolic OH excluding ortho intramolecular Hbond substituents is 1. The molecule has 1 aromatic carbocycles. The number of aromatic hydroxyl groups is 1. The van der Waals surface area contributed by atoms with Gasteiger partial charge in [-0.2, -0.15) is 0 Å². The van der Waals surface area contributed by atoms with Crippen LogP contribution < -0.4 is 0 Å². The van der Waals surface area contributed by atoms with E-state index in [1.54, 1.807) is 18.2 Å². The SMILES string of the molecule is COC(=O)C[C@@H](CC(C)C)c1cccc(O)c1. The third kappa shape index (κ3) is 4.47. The van der Waals surface area contributed by atoms with Crippen LogP contribution in [0.25, 0.3) is 0 Å². The number of hydrogen-bond donors (Lipinski definition) is 1. The maximum atomic E-state index is 11.4. The smallest absolute Gasteiger partial charge is 0.306 e. The molecule has 0 aliphatic heterocycles. The van der Waals surface area contributed by atoms with E-state index in [1.165, 1.54) is 7.11 Å². The average Bonchev–Trinajstić information content (AvgIpc) is 2.27. The largest absolute Gasteiger partial charge is 0.508 e. The molecule has 17 heavy (non-hydrogen) atoms. The molecule has 1 rings (SSSR count). The van der Waals surface area contributed by atoms with Crippen molar-refractivity contribution in [2.24, 2.45) is 5.92 Å². The van der Waals surface area contributed by atoms with Crippen molar-refractivity contribution in [1.29, 1.82) is 0 Å². The van der Waals surface area contributed by atoms with Gasteiger partial charge in [-0.25, -0.2) is 0 Å². The summed E-state index contributed by atoms with van der Waals surface area (Å²) in [6.45, 7) is 4.24. The highest BCUT2D eigenvalue weighted by atomic mass is 16.5. The quantitative estimate of drug-likeness (QED) is 0.799. The van der Waals surface area contributed by atoms with E-state index in [9.17, 15) is 9.90 Å². The molecule has 0 fully saturated rings. The minimum absolute atomic E-state index is 0.106. The van der Waals surface area contributed by atoms with Crippen molar-refractivity contribution in [3.05, 3.63) is 29.8 Å². The van der Waals surface area contributed by atoms with Gasteiger partial charge in [-0.1, -0.05) is 26.0 Å². The number of methoxy groups -OCH3 is 1. The Kier molecular flexibility index (Phi) is 5.01. The molecule has 94 valence electrons. The van der Waals surface area contributed by atoms with Gasteiger partial charge in [-0.3, -0.25) is 4.79 Å². The van der Waals surface area contributed by atoms with Crippen LogP contribution in [0.1, 0.15) is 38.2 Å². The molecular weight excluding hydrogens is 216 g/mol. The molecule has 1 N–H and O–H groups in total. The number of rotatable bonds is 5. The maximum Gasteiger partial charge on any atom is 0.306 e. The molecule has 0 aliphatic rings. The van der Waals surface area contributed by atoms with Gasteiger partial charge in [0.15, 0.2) is 0 Å². The van der Waals surface area contributed by atoms with Gasteiger partial charge < -0.3 is 9.84 Å². The molecule has 0 spiro atoms. The third-order valence-electron chi connectivity index (χ3n) is 2.74. The topological polar surface area (TPSA) is 46.5 Å². The highest BCUT2D eigenvalue weighted by Crippen LogP contribution is 2.29. The Morgan fingerprint density at radius 3 is 2.65 bits per heavy atom. The van der Waals surface area contributed by atoms with Crippen LogP contribution in [0.5, 0.6) is 5.75 Å². The van der Waals surface area contributed by atoms with E-state index in [0.717, 1.165) is 12.0 Å². The first-order chi connectivity index (χ1) is 8.02. The summed E-state index contributed by atoms with van der Waals surface area (Å²) in [6.07, 6.45) is 1.26. The van der Waals surface area contributed by atoms with Crippen LogP contribution >= 0.6 is 0 Å². The number of carbonyl (C=O) groups excluding carboxylic acids is 1. The van der Waals surface area contributed by atoms with Crippen molar-refractivity contribution in [2.75, 3.05) is 7.11 Å². The third-order valence-corrected chi connectivity index (χ3v) is 2.74. The van der Waals surface area contributed by atoms with Crippen LogP contribution in [0.3, 0.4) is 0 Å². The first kappa shape index (κ1) is 13.6. The van der Waals surface area contributed by atoms with E-state index in [1.807, 2.05) is 6.07 Å². The van der Waals surface area contributed by atoms with Crippen molar-refractivity contribution >= 4 is 5.97 Å². The van der Waals surface area contributed by atoms with Crippen LogP contribution in [-0.2, 0) is 9.53 Å². The lowest BCUT2D eigenvalue weighted by molar-refractivity contribution is -0.141. The fourth-order valence-corrected chi connectivity index (χ4v) is 1.97. The minimum atomic E-state index is -0.209. The van der Waals surface area contributed by atoms with Gasteiger partial charge in [-0.05, 0) is 36.0 Å². The Morgan fingerprint density at radius 1 is 1.41 bits per heavy atom. The Morgan fingerprint density at radius 2 is 2.12 bits per heavy atom. The molecule has 3 heteroatoms. The van der Waals surface area contributed by atoms with Gasteiger partial charge in [0.25, 0.3) is 0 Å². The van der Waals surface area contributed by atoms with Gasteiger partial charge in [-0.15, -0.1) is 0 Å². The summed E-state index contributed by atoms with van der Waals surface area (Å²) in [5.41, 5.74) is 0.990. The highest BCUT2D eigenvalue weighted by Gasteiger charge is 2.18. The van der Waals surface area contributed by atoms with E-state index in [-0.39, 0.29) is 17.6 Å². The lowest BCUT2D eigenvalue weighted by Crippen LogP contribution is -2.11. The van der Waals surface area contributed by atoms with Crippen molar-refractivity contribution in [1.82, 2.24) is 0 Å². The fourth-order valence-electron chi connectivity index (χ4n) is 1.97. The molecule has 0 unspecified atom stereocenters. The Balaban J connectivity index is 2.85. The average molecular weight is 236 g/mol. The predicted octanol–water partition coefficient (Wildman–Crippen LogP) is 3.09. The second-order valence-electron chi connectivity index (χ2n) is 4.70. The van der Waals surface area contributed by atoms with Gasteiger partial charge >= 0.3 is 5.97 Å². The molecule has 3 nitrogen and oxygen atoms in total. The Labute approximate surface area is 102 Å². The van der Waals surface area contributed by atoms with Gasteiger partial charge in [0.2, 0.25) is 0 Å². The molecule has 0 saturated heterocycles. The molecule has 0 heterocycles. The molecule has 0 amide bonds. The summed E-state index contributed by atoms with van der Waals surface area (Å²) in [7, 11) is 1.40. The Bertz CT molecular complexity index is 371. The number of carbonyl (C=O) groups is 1. The minimum Gasteiger partial charge on any atom is -0.508 e. The monoisotopic (exact) mass is 236 g/mol. The molecule has 1 aromatic rings. The molecule has 0 radical (unpaired) electrons. The standard InChI is InChI=1S/C14H20O3/c1-10(2)7-12(9-14(16)17-3)11-5-4-6-13(15)8-11/h4-6,8,10,12,15H,7,9H2,1-3H3/t12-/m1/s1. The summed E-state index contributed by atoms with van der Waals surface area (Å²) in [5.74, 6) is 0.627. The van der Waals surface area contributed by atoms with E-state index >= 15 is 0 Å². The van der Waals surface area contributed by atoms with Crippen LogP contribution in [-0.4, -0.2) is 18.2 Å². The zero-order chi connectivity index (χ0) is 12.8. The van der Waals surface area contributed by atoms with Crippen molar-refractivity contribution in [3.63, 3.8) is 0 Å². The molecule has 0 saturated carbocycles. The van der Waals surface area contributed by atoms with Crippen LogP contribution in [0.2, 0.25) is 0 Å².